The highest BCUT2D eigenvalue weighted by molar-refractivity contribution is 7.90. The van der Waals surface area contributed by atoms with Crippen molar-refractivity contribution in [3.8, 4) is 6.07 Å². The number of nitriles is 1. The molecule has 2 aromatic heterocycles. The van der Waals surface area contributed by atoms with Gasteiger partial charge in [0.25, 0.3) is 10.0 Å². The van der Waals surface area contributed by atoms with Gasteiger partial charge in [0.2, 0.25) is 0 Å². The summed E-state index contributed by atoms with van der Waals surface area (Å²) < 4.78 is 30.5. The summed E-state index contributed by atoms with van der Waals surface area (Å²) in [5.74, 6) is 0.127. The Bertz CT molecular complexity index is 779. The lowest BCUT2D eigenvalue weighted by molar-refractivity contribution is 0.390. The Morgan fingerprint density at radius 2 is 2.05 bits per heavy atom. The van der Waals surface area contributed by atoms with E-state index in [4.69, 9.17) is 33.0 Å². The fraction of sp³-hybridized carbons (Fsp3) is 0.200. The molecule has 0 aliphatic carbocycles. The number of hydrogen-bond donors (Lipinski definition) is 0. The molecule has 19 heavy (non-hydrogen) atoms. The van der Waals surface area contributed by atoms with Crippen molar-refractivity contribution in [2.75, 3.05) is 0 Å². The monoisotopic (exact) mass is 319 g/mol. The molecule has 6 nitrogen and oxygen atoms in total. The van der Waals surface area contributed by atoms with E-state index in [0.29, 0.717) is 0 Å². The molecule has 0 N–H and O–H groups in total. The van der Waals surface area contributed by atoms with E-state index >= 15 is 0 Å². The fourth-order valence-corrected chi connectivity index (χ4v) is 3.76. The summed E-state index contributed by atoms with van der Waals surface area (Å²) in [6.45, 7) is 2.95. The van der Waals surface area contributed by atoms with Crippen molar-refractivity contribution >= 4 is 33.2 Å². The number of aromatic nitrogens is 2. The van der Waals surface area contributed by atoms with Crippen LogP contribution in [0.2, 0.25) is 10.0 Å². The largest absolute Gasteiger partial charge is 0.360 e. The molecule has 0 aromatic carbocycles. The molecular weight excluding hydrogens is 313 g/mol. The van der Waals surface area contributed by atoms with Gasteiger partial charge in [0.05, 0.1) is 10.0 Å². The molecule has 0 aliphatic rings. The first kappa shape index (κ1) is 13.9. The Kier molecular flexibility index (Phi) is 3.34. The molecule has 0 unspecified atom stereocenters. The Morgan fingerprint density at radius 1 is 1.42 bits per heavy atom. The number of rotatable bonds is 2. The molecule has 9 heteroatoms. The molecule has 0 atom stereocenters. The Labute approximate surface area is 119 Å². The minimum absolute atomic E-state index is 0.0199. The third-order valence-corrected chi connectivity index (χ3v) is 5.13. The summed E-state index contributed by atoms with van der Waals surface area (Å²) in [7, 11) is -4.03. The van der Waals surface area contributed by atoms with Crippen LogP contribution in [0.4, 0.5) is 0 Å². The Balaban J connectivity index is 2.79. The standard InChI is InChI=1S/C10H7Cl2N3O3S/c1-5-10(6(2)18-14-5)19(16,17)15-4-7(11)9(12)8(15)3-13/h4H,1-2H3. The van der Waals surface area contributed by atoms with Crippen molar-refractivity contribution in [1.82, 2.24) is 9.13 Å². The van der Waals surface area contributed by atoms with Gasteiger partial charge < -0.3 is 4.52 Å². The van der Waals surface area contributed by atoms with E-state index in [1.54, 1.807) is 6.07 Å². The van der Waals surface area contributed by atoms with Gasteiger partial charge in [-0.05, 0) is 13.8 Å². The lowest BCUT2D eigenvalue weighted by Gasteiger charge is -2.05. The van der Waals surface area contributed by atoms with E-state index in [2.05, 4.69) is 5.16 Å². The molecule has 2 heterocycles. The van der Waals surface area contributed by atoms with Gasteiger partial charge in [-0.1, -0.05) is 28.4 Å². The van der Waals surface area contributed by atoms with Crippen LogP contribution in [-0.2, 0) is 10.0 Å². The Morgan fingerprint density at radius 3 is 2.53 bits per heavy atom. The van der Waals surface area contributed by atoms with Gasteiger partial charge in [-0.2, -0.15) is 5.26 Å². The molecule has 2 aromatic rings. The molecular formula is C10H7Cl2N3O3S. The van der Waals surface area contributed by atoms with Crippen molar-refractivity contribution in [3.63, 3.8) is 0 Å². The van der Waals surface area contributed by atoms with Gasteiger partial charge >= 0.3 is 0 Å². The first-order valence-corrected chi connectivity index (χ1v) is 7.15. The zero-order valence-electron chi connectivity index (χ0n) is 9.81. The number of nitrogens with zero attached hydrogens (tertiary/aromatic N) is 3. The number of hydrogen-bond acceptors (Lipinski definition) is 5. The number of aryl methyl sites for hydroxylation is 2. The minimum Gasteiger partial charge on any atom is -0.360 e. The summed E-state index contributed by atoms with van der Waals surface area (Å²) in [4.78, 5) is -0.104. The molecule has 0 fully saturated rings. The van der Waals surface area contributed by atoms with E-state index in [9.17, 15) is 8.42 Å². The predicted molar refractivity (Wildman–Crippen MR) is 67.7 cm³/mol. The van der Waals surface area contributed by atoms with Gasteiger partial charge in [0.1, 0.15) is 11.8 Å². The lowest BCUT2D eigenvalue weighted by atomic mass is 10.4. The molecule has 0 radical (unpaired) electrons. The van der Waals surface area contributed by atoms with E-state index in [1.165, 1.54) is 13.8 Å². The van der Waals surface area contributed by atoms with Crippen molar-refractivity contribution in [2.24, 2.45) is 0 Å². The van der Waals surface area contributed by atoms with E-state index in [1.807, 2.05) is 0 Å². The van der Waals surface area contributed by atoms with Crippen molar-refractivity contribution < 1.29 is 12.9 Å². The molecule has 100 valence electrons. The molecule has 0 saturated heterocycles. The van der Waals surface area contributed by atoms with E-state index in [-0.39, 0.29) is 32.1 Å². The number of halogens is 2. The van der Waals surface area contributed by atoms with E-state index in [0.717, 1.165) is 10.2 Å². The second kappa shape index (κ2) is 4.56. The topological polar surface area (TPSA) is 88.9 Å². The van der Waals surface area contributed by atoms with Gasteiger partial charge in [0.15, 0.2) is 16.3 Å². The molecule has 2 rings (SSSR count). The van der Waals surface area contributed by atoms with Gasteiger partial charge in [-0.25, -0.2) is 12.4 Å². The highest BCUT2D eigenvalue weighted by Gasteiger charge is 2.30. The molecule has 0 aliphatic heterocycles. The summed E-state index contributed by atoms with van der Waals surface area (Å²) in [5.41, 5.74) is -0.0611. The average molecular weight is 320 g/mol. The summed E-state index contributed by atoms with van der Waals surface area (Å²) in [5, 5.41) is 12.4. The smallest absolute Gasteiger partial charge is 0.274 e. The maximum absolute atomic E-state index is 12.5. The molecule has 0 spiro atoms. The highest BCUT2D eigenvalue weighted by atomic mass is 35.5. The molecule has 0 saturated carbocycles. The third kappa shape index (κ3) is 2.02. The third-order valence-electron chi connectivity index (χ3n) is 2.46. The fourth-order valence-electron chi connectivity index (χ4n) is 1.66. The van der Waals surface area contributed by atoms with Crippen LogP contribution in [0, 0.1) is 25.2 Å². The van der Waals surface area contributed by atoms with Gasteiger partial charge in [-0.3, -0.25) is 0 Å². The zero-order valence-corrected chi connectivity index (χ0v) is 12.1. The van der Waals surface area contributed by atoms with Gasteiger partial charge in [-0.15, -0.1) is 0 Å². The summed E-state index contributed by atoms with van der Waals surface area (Å²) in [6, 6.07) is 1.71. The van der Waals surface area contributed by atoms with Crippen molar-refractivity contribution in [2.45, 2.75) is 18.7 Å². The van der Waals surface area contributed by atoms with Crippen LogP contribution in [0.15, 0.2) is 15.6 Å². The second-order valence-corrected chi connectivity index (χ2v) is 6.24. The van der Waals surface area contributed by atoms with Crippen LogP contribution >= 0.6 is 23.2 Å². The first-order valence-electron chi connectivity index (χ1n) is 4.95. The SMILES string of the molecule is Cc1noc(C)c1S(=O)(=O)n1cc(Cl)c(Cl)c1C#N. The maximum atomic E-state index is 12.5. The normalized spacial score (nSPS) is 11.5. The Hall–Kier alpha value is -1.49. The predicted octanol–water partition coefficient (Wildman–Crippen LogP) is 2.51. The average Bonchev–Trinajstić information content (AvgIpc) is 2.81. The minimum atomic E-state index is -4.03. The van der Waals surface area contributed by atoms with E-state index < -0.39 is 10.0 Å². The quantitative estimate of drug-likeness (QED) is 0.848. The van der Waals surface area contributed by atoms with Crippen molar-refractivity contribution in [1.29, 1.82) is 5.26 Å². The summed E-state index contributed by atoms with van der Waals surface area (Å²) >= 11 is 11.5. The first-order chi connectivity index (χ1) is 8.80. The zero-order chi connectivity index (χ0) is 14.4. The van der Waals surface area contributed by atoms with Crippen LogP contribution in [-0.4, -0.2) is 17.5 Å². The highest BCUT2D eigenvalue weighted by Crippen LogP contribution is 2.31. The van der Waals surface area contributed by atoms with Crippen LogP contribution < -0.4 is 0 Å². The van der Waals surface area contributed by atoms with Crippen LogP contribution in [0.3, 0.4) is 0 Å². The van der Waals surface area contributed by atoms with Crippen LogP contribution in [0.25, 0.3) is 0 Å². The summed E-state index contributed by atoms with van der Waals surface area (Å²) in [6.07, 6.45) is 1.07. The lowest BCUT2D eigenvalue weighted by Crippen LogP contribution is -2.15. The molecule has 0 amide bonds. The molecule has 0 bridgehead atoms. The van der Waals surface area contributed by atoms with Crippen LogP contribution in [0.1, 0.15) is 17.1 Å². The van der Waals surface area contributed by atoms with Gasteiger partial charge in [0, 0.05) is 6.20 Å². The maximum Gasteiger partial charge on any atom is 0.274 e. The van der Waals surface area contributed by atoms with Crippen LogP contribution in [0.5, 0.6) is 0 Å². The van der Waals surface area contributed by atoms with Crippen molar-refractivity contribution in [3.05, 3.63) is 33.4 Å². The second-order valence-electron chi connectivity index (χ2n) is 3.71.